The van der Waals surface area contributed by atoms with Gasteiger partial charge in [-0.2, -0.15) is 0 Å². The summed E-state index contributed by atoms with van der Waals surface area (Å²) in [5.41, 5.74) is -0.664. The molecule has 3 aliphatic rings. The molecule has 3 aliphatic heterocycles. The molecule has 8 nitrogen and oxygen atoms in total. The first kappa shape index (κ1) is 29.3. The number of halogens is 1. The van der Waals surface area contributed by atoms with Crippen molar-refractivity contribution >= 4 is 35.1 Å². The summed E-state index contributed by atoms with van der Waals surface area (Å²) in [5.74, 6) is -2.70. The molecule has 0 radical (unpaired) electrons. The van der Waals surface area contributed by atoms with Gasteiger partial charge in [0.1, 0.15) is 17.6 Å². The van der Waals surface area contributed by atoms with E-state index in [0.717, 1.165) is 5.56 Å². The molecule has 0 saturated carbocycles. The van der Waals surface area contributed by atoms with Crippen LogP contribution < -0.4 is 4.90 Å². The molecule has 2 bridgehead atoms. The van der Waals surface area contributed by atoms with E-state index < -0.39 is 35.0 Å². The Morgan fingerprint density at radius 3 is 2.69 bits per heavy atom. The number of hydrogen-bond acceptors (Lipinski definition) is 6. The minimum Gasteiger partial charge on any atom is -0.465 e. The van der Waals surface area contributed by atoms with Crippen molar-refractivity contribution in [3.8, 4) is 0 Å². The Morgan fingerprint density at radius 2 is 2.05 bits per heavy atom. The Balaban J connectivity index is 1.80. The van der Waals surface area contributed by atoms with Gasteiger partial charge in [-0.1, -0.05) is 42.8 Å². The van der Waals surface area contributed by atoms with Crippen molar-refractivity contribution in [3.63, 3.8) is 0 Å². The molecule has 3 saturated heterocycles. The van der Waals surface area contributed by atoms with Crippen LogP contribution in [-0.4, -0.2) is 71.3 Å². The highest BCUT2D eigenvalue weighted by Crippen LogP contribution is 2.64. The normalized spacial score (nSPS) is 28.9. The first-order valence-corrected chi connectivity index (χ1v) is 14.2. The van der Waals surface area contributed by atoms with Crippen LogP contribution in [0, 0.1) is 18.8 Å². The lowest BCUT2D eigenvalue weighted by atomic mass is 9.65. The Morgan fingerprint density at radius 1 is 1.28 bits per heavy atom. The number of rotatable bonds is 13. The maximum absolute atomic E-state index is 14.6. The molecular formula is C30H39ClN2O6. The average Bonchev–Trinajstić information content (AvgIpc) is 3.51. The highest BCUT2D eigenvalue weighted by Gasteiger charge is 2.79. The smallest absolute Gasteiger partial charge is 0.312 e. The molecular weight excluding hydrogens is 520 g/mol. The largest absolute Gasteiger partial charge is 0.465 e. The summed E-state index contributed by atoms with van der Waals surface area (Å²) < 4.78 is 12.4. The van der Waals surface area contributed by atoms with E-state index in [1.54, 1.807) is 28.0 Å². The number of esters is 1. The lowest BCUT2D eigenvalue weighted by Crippen LogP contribution is -2.56. The van der Waals surface area contributed by atoms with Gasteiger partial charge >= 0.3 is 5.97 Å². The van der Waals surface area contributed by atoms with Crippen molar-refractivity contribution in [3.05, 3.63) is 54.1 Å². The molecule has 212 valence electrons. The number of aliphatic hydroxyl groups is 1. The fraction of sp³-hybridized carbons (Fsp3) is 0.567. The van der Waals surface area contributed by atoms with Crippen molar-refractivity contribution in [1.29, 1.82) is 0 Å². The van der Waals surface area contributed by atoms with E-state index in [9.17, 15) is 19.5 Å². The standard InChI is InChI=1S/C30H39ClN2O6/c1-5-8-19-38-28(37)23-22-26(35)33(17-9-10-18-34)25(30(22)15-14-29(23,7-3)39-30)27(36)32(16-6-2)24-20(4)12-11-13-21(24)31/h5-6,11-13,22-23,25,34H,1-2,7-10,14-19H2,3-4H3/t22-,23-,25?,29+,30?/m0/s1. The number of unbranched alkanes of at least 4 members (excludes halogenated alkanes) is 1. The predicted octanol–water partition coefficient (Wildman–Crippen LogP) is 4.21. The van der Waals surface area contributed by atoms with Crippen LogP contribution in [-0.2, 0) is 23.9 Å². The molecule has 9 heteroatoms. The molecule has 2 unspecified atom stereocenters. The van der Waals surface area contributed by atoms with Gasteiger partial charge in [-0.25, -0.2) is 0 Å². The van der Waals surface area contributed by atoms with Crippen LogP contribution in [0.1, 0.15) is 51.0 Å². The molecule has 4 rings (SSSR count). The fourth-order valence-corrected chi connectivity index (χ4v) is 7.18. The molecule has 3 heterocycles. The summed E-state index contributed by atoms with van der Waals surface area (Å²) in [5, 5.41) is 9.82. The number of aliphatic hydroxyl groups excluding tert-OH is 1. The number of ether oxygens (including phenoxy) is 2. The lowest BCUT2D eigenvalue weighted by molar-refractivity contribution is -0.160. The highest BCUT2D eigenvalue weighted by atomic mass is 35.5. The van der Waals surface area contributed by atoms with Gasteiger partial charge in [0, 0.05) is 19.7 Å². The third-order valence-electron chi connectivity index (χ3n) is 8.58. The third-order valence-corrected chi connectivity index (χ3v) is 8.88. The number of amides is 2. The van der Waals surface area contributed by atoms with Crippen LogP contribution in [0.4, 0.5) is 5.69 Å². The second-order valence-electron chi connectivity index (χ2n) is 10.7. The van der Waals surface area contributed by atoms with E-state index in [1.165, 1.54) is 0 Å². The van der Waals surface area contributed by atoms with Crippen molar-refractivity contribution in [2.45, 2.75) is 69.6 Å². The summed E-state index contributed by atoms with van der Waals surface area (Å²) in [6.07, 6.45) is 6.34. The Bertz CT molecular complexity index is 1120. The highest BCUT2D eigenvalue weighted by molar-refractivity contribution is 6.34. The van der Waals surface area contributed by atoms with Crippen LogP contribution in [0.25, 0.3) is 0 Å². The van der Waals surface area contributed by atoms with Gasteiger partial charge in [-0.15, -0.1) is 13.2 Å². The second-order valence-corrected chi connectivity index (χ2v) is 11.1. The van der Waals surface area contributed by atoms with E-state index in [4.69, 9.17) is 21.1 Å². The van der Waals surface area contributed by atoms with Gasteiger partial charge in [0.15, 0.2) is 0 Å². The van der Waals surface area contributed by atoms with Crippen molar-refractivity contribution in [2.24, 2.45) is 11.8 Å². The molecule has 0 aliphatic carbocycles. The lowest BCUT2D eigenvalue weighted by Gasteiger charge is -2.37. The van der Waals surface area contributed by atoms with Gasteiger partial charge in [-0.3, -0.25) is 14.4 Å². The second kappa shape index (κ2) is 11.8. The first-order valence-electron chi connectivity index (χ1n) is 13.8. The van der Waals surface area contributed by atoms with E-state index >= 15 is 0 Å². The van der Waals surface area contributed by atoms with Crippen LogP contribution >= 0.6 is 11.6 Å². The van der Waals surface area contributed by atoms with E-state index in [0.29, 0.717) is 49.2 Å². The monoisotopic (exact) mass is 558 g/mol. The zero-order chi connectivity index (χ0) is 28.4. The number of carbonyl (C=O) groups excluding carboxylic acids is 3. The number of benzene rings is 1. The Labute approximate surface area is 235 Å². The van der Waals surface area contributed by atoms with Gasteiger partial charge in [0.25, 0.3) is 5.91 Å². The van der Waals surface area contributed by atoms with E-state index in [1.807, 2.05) is 26.0 Å². The number of fused-ring (bicyclic) bond motifs is 1. The fourth-order valence-electron chi connectivity index (χ4n) is 6.86. The molecule has 0 aromatic heterocycles. The average molecular weight is 559 g/mol. The minimum atomic E-state index is -1.17. The third kappa shape index (κ3) is 4.81. The zero-order valence-corrected chi connectivity index (χ0v) is 23.6. The SMILES string of the molecule is C=CCCOC(=O)[C@@H]1[C@H]2C(=O)N(CCCCO)C(C(=O)N(CC=C)c3c(C)cccc3Cl)C23CC[C@@]1(CC)O3. The summed E-state index contributed by atoms with van der Waals surface area (Å²) >= 11 is 6.60. The molecule has 1 aromatic carbocycles. The topological polar surface area (TPSA) is 96.4 Å². The summed E-state index contributed by atoms with van der Waals surface area (Å²) in [6, 6.07) is 4.47. The maximum atomic E-state index is 14.6. The summed E-state index contributed by atoms with van der Waals surface area (Å²) in [6.45, 7) is 12.0. The van der Waals surface area contributed by atoms with Crippen molar-refractivity contribution < 1.29 is 29.0 Å². The predicted molar refractivity (Wildman–Crippen MR) is 149 cm³/mol. The number of hydrogen-bond donors (Lipinski definition) is 1. The van der Waals surface area contributed by atoms with Gasteiger partial charge in [0.2, 0.25) is 5.91 Å². The first-order chi connectivity index (χ1) is 18.7. The molecule has 3 fully saturated rings. The van der Waals surface area contributed by atoms with E-state index in [2.05, 4.69) is 13.2 Å². The number of para-hydroxylation sites is 1. The molecule has 5 atom stereocenters. The molecule has 2 amide bonds. The number of nitrogens with zero attached hydrogens (tertiary/aromatic N) is 2. The number of anilines is 1. The van der Waals surface area contributed by atoms with Crippen LogP contribution in [0.5, 0.6) is 0 Å². The maximum Gasteiger partial charge on any atom is 0.312 e. The number of carbonyl (C=O) groups is 3. The summed E-state index contributed by atoms with van der Waals surface area (Å²) in [7, 11) is 0. The van der Waals surface area contributed by atoms with E-state index in [-0.39, 0.29) is 38.1 Å². The Hall–Kier alpha value is -2.68. The van der Waals surface area contributed by atoms with Crippen molar-refractivity contribution in [1.82, 2.24) is 4.90 Å². The number of likely N-dealkylation sites (tertiary alicyclic amines) is 1. The molecule has 1 aromatic rings. The molecule has 1 spiro atoms. The summed E-state index contributed by atoms with van der Waals surface area (Å²) in [4.78, 5) is 45.4. The van der Waals surface area contributed by atoms with Crippen molar-refractivity contribution in [2.75, 3.05) is 31.2 Å². The number of aryl methyl sites for hydroxylation is 1. The minimum absolute atomic E-state index is 0.0235. The Kier molecular flexibility index (Phi) is 8.88. The molecule has 39 heavy (non-hydrogen) atoms. The molecule has 1 N–H and O–H groups in total. The quantitative estimate of drug-likeness (QED) is 0.221. The van der Waals surface area contributed by atoms with Gasteiger partial charge in [-0.05, 0) is 57.1 Å². The van der Waals surface area contributed by atoms with Crippen LogP contribution in [0.15, 0.2) is 43.5 Å². The van der Waals surface area contributed by atoms with Crippen LogP contribution in [0.2, 0.25) is 5.02 Å². The van der Waals surface area contributed by atoms with Crippen LogP contribution in [0.3, 0.4) is 0 Å². The van der Waals surface area contributed by atoms with Gasteiger partial charge < -0.3 is 24.4 Å². The van der Waals surface area contributed by atoms with Gasteiger partial charge in [0.05, 0.1) is 28.8 Å². The zero-order valence-electron chi connectivity index (χ0n) is 22.9.